The average molecular weight is 280 g/mol. The molecule has 1 N–H and O–H groups in total. The van der Waals surface area contributed by atoms with E-state index in [2.05, 4.69) is 10.3 Å². The third-order valence-corrected chi connectivity index (χ3v) is 3.05. The van der Waals surface area contributed by atoms with Gasteiger partial charge in [-0.1, -0.05) is 18.2 Å². The van der Waals surface area contributed by atoms with E-state index < -0.39 is 5.91 Å². The van der Waals surface area contributed by atoms with E-state index in [0.717, 1.165) is 5.69 Å². The van der Waals surface area contributed by atoms with Crippen molar-refractivity contribution >= 4 is 22.7 Å². The molecule has 5 heteroatoms. The molecule has 0 radical (unpaired) electrons. The Morgan fingerprint density at radius 1 is 1.14 bits per heavy atom. The summed E-state index contributed by atoms with van der Waals surface area (Å²) in [6, 6.07) is 12.1. The first-order valence-corrected chi connectivity index (χ1v) is 6.41. The van der Waals surface area contributed by atoms with E-state index in [1.54, 1.807) is 36.4 Å². The molecule has 0 saturated carbocycles. The van der Waals surface area contributed by atoms with Crippen molar-refractivity contribution in [1.29, 1.82) is 0 Å². The van der Waals surface area contributed by atoms with Gasteiger partial charge < -0.3 is 9.73 Å². The van der Waals surface area contributed by atoms with Crippen molar-refractivity contribution in [3.8, 4) is 0 Å². The van der Waals surface area contributed by atoms with Crippen molar-refractivity contribution < 1.29 is 9.21 Å². The molecule has 0 aliphatic rings. The lowest BCUT2D eigenvalue weighted by Gasteiger charge is -2.05. The maximum Gasteiger partial charge on any atom is 0.263 e. The quantitative estimate of drug-likeness (QED) is 0.783. The van der Waals surface area contributed by atoms with Gasteiger partial charge in [0.05, 0.1) is 5.39 Å². The smallest absolute Gasteiger partial charge is 0.263 e. The highest BCUT2D eigenvalue weighted by Gasteiger charge is 2.14. The molecule has 0 aliphatic carbocycles. The summed E-state index contributed by atoms with van der Waals surface area (Å²) in [4.78, 5) is 28.6. The maximum absolute atomic E-state index is 12.3. The van der Waals surface area contributed by atoms with Crippen molar-refractivity contribution in [1.82, 2.24) is 4.98 Å². The van der Waals surface area contributed by atoms with Gasteiger partial charge in [-0.05, 0) is 31.2 Å². The van der Waals surface area contributed by atoms with E-state index in [-0.39, 0.29) is 11.0 Å². The number of nitrogens with zero attached hydrogens (tertiary/aromatic N) is 1. The molecule has 0 aliphatic heterocycles. The lowest BCUT2D eigenvalue weighted by molar-refractivity contribution is 0.102. The summed E-state index contributed by atoms with van der Waals surface area (Å²) in [5, 5.41) is 2.97. The van der Waals surface area contributed by atoms with Crippen LogP contribution in [-0.4, -0.2) is 10.9 Å². The Kier molecular flexibility index (Phi) is 3.23. The number of anilines is 1. The molecule has 3 rings (SSSR count). The van der Waals surface area contributed by atoms with Crippen molar-refractivity contribution in [2.45, 2.75) is 6.92 Å². The highest BCUT2D eigenvalue weighted by molar-refractivity contribution is 6.04. The molecule has 0 bridgehead atoms. The SMILES string of the molecule is Cc1cccc(NC(=O)c2coc3ccccc3c2=O)n1. The molecule has 3 aromatic rings. The van der Waals surface area contributed by atoms with Crippen LogP contribution in [0.1, 0.15) is 16.1 Å². The van der Waals surface area contributed by atoms with Crippen LogP contribution in [0.4, 0.5) is 5.82 Å². The van der Waals surface area contributed by atoms with Gasteiger partial charge in [-0.2, -0.15) is 0 Å². The molecular weight excluding hydrogens is 268 g/mol. The number of pyridine rings is 1. The van der Waals surface area contributed by atoms with Crippen LogP contribution in [-0.2, 0) is 0 Å². The minimum atomic E-state index is -0.535. The van der Waals surface area contributed by atoms with Crippen molar-refractivity contribution in [2.75, 3.05) is 5.32 Å². The van der Waals surface area contributed by atoms with E-state index in [1.165, 1.54) is 6.26 Å². The standard InChI is InChI=1S/C16H12N2O3/c1-10-5-4-8-14(17-10)18-16(20)12-9-21-13-7-3-2-6-11(13)15(12)19/h2-9H,1H3,(H,17,18,20). The molecule has 1 aromatic carbocycles. The average Bonchev–Trinajstić information content (AvgIpc) is 2.48. The zero-order chi connectivity index (χ0) is 14.8. The fraction of sp³-hybridized carbons (Fsp3) is 0.0625. The molecule has 2 aromatic heterocycles. The highest BCUT2D eigenvalue weighted by Crippen LogP contribution is 2.12. The molecule has 0 saturated heterocycles. The van der Waals surface area contributed by atoms with Crippen molar-refractivity contribution in [2.24, 2.45) is 0 Å². The van der Waals surface area contributed by atoms with E-state index >= 15 is 0 Å². The van der Waals surface area contributed by atoms with Gasteiger partial charge in [0.15, 0.2) is 0 Å². The summed E-state index contributed by atoms with van der Waals surface area (Å²) < 4.78 is 5.32. The minimum Gasteiger partial charge on any atom is -0.463 e. The Morgan fingerprint density at radius 2 is 1.95 bits per heavy atom. The Morgan fingerprint density at radius 3 is 2.76 bits per heavy atom. The van der Waals surface area contributed by atoms with Crippen LogP contribution in [0.3, 0.4) is 0 Å². The van der Waals surface area contributed by atoms with Crippen molar-refractivity contribution in [3.63, 3.8) is 0 Å². The van der Waals surface area contributed by atoms with Gasteiger partial charge in [-0.25, -0.2) is 4.98 Å². The molecule has 0 spiro atoms. The third-order valence-electron chi connectivity index (χ3n) is 3.05. The zero-order valence-electron chi connectivity index (χ0n) is 11.3. The number of hydrogen-bond acceptors (Lipinski definition) is 4. The number of rotatable bonds is 2. The topological polar surface area (TPSA) is 72.2 Å². The van der Waals surface area contributed by atoms with Crippen molar-refractivity contribution in [3.05, 3.63) is 70.2 Å². The second-order valence-corrected chi connectivity index (χ2v) is 4.59. The second kappa shape index (κ2) is 5.20. The summed E-state index contributed by atoms with van der Waals surface area (Å²) in [6.45, 7) is 1.82. The number of nitrogens with one attached hydrogen (secondary N) is 1. The van der Waals surface area contributed by atoms with Crippen LogP contribution in [0.15, 0.2) is 57.9 Å². The van der Waals surface area contributed by atoms with Gasteiger partial charge in [0, 0.05) is 5.69 Å². The molecule has 0 atom stereocenters. The Bertz CT molecular complexity index is 884. The summed E-state index contributed by atoms with van der Waals surface area (Å²) in [7, 11) is 0. The largest absolute Gasteiger partial charge is 0.463 e. The van der Waals surface area contributed by atoms with Gasteiger partial charge in [0.25, 0.3) is 5.91 Å². The van der Waals surface area contributed by atoms with E-state index in [9.17, 15) is 9.59 Å². The zero-order valence-corrected chi connectivity index (χ0v) is 11.3. The predicted octanol–water partition coefficient (Wildman–Crippen LogP) is 2.75. The van der Waals surface area contributed by atoms with Crippen LogP contribution >= 0.6 is 0 Å². The summed E-state index contributed by atoms with van der Waals surface area (Å²) in [5.41, 5.74) is 0.824. The first-order valence-electron chi connectivity index (χ1n) is 6.41. The molecule has 5 nitrogen and oxygen atoms in total. The first kappa shape index (κ1) is 13.1. The normalized spacial score (nSPS) is 10.5. The number of para-hydroxylation sites is 1. The van der Waals surface area contributed by atoms with Gasteiger partial charge >= 0.3 is 0 Å². The van der Waals surface area contributed by atoms with E-state index in [4.69, 9.17) is 4.42 Å². The van der Waals surface area contributed by atoms with Crippen LogP contribution in [0.5, 0.6) is 0 Å². The van der Waals surface area contributed by atoms with E-state index in [1.807, 2.05) is 13.0 Å². The number of fused-ring (bicyclic) bond motifs is 1. The fourth-order valence-corrected chi connectivity index (χ4v) is 2.03. The first-order chi connectivity index (χ1) is 10.1. The number of aryl methyl sites for hydroxylation is 1. The molecule has 21 heavy (non-hydrogen) atoms. The Labute approximate surface area is 120 Å². The molecule has 2 heterocycles. The molecule has 0 fully saturated rings. The molecule has 0 unspecified atom stereocenters. The van der Waals surface area contributed by atoms with Crippen LogP contribution in [0, 0.1) is 6.92 Å². The molecular formula is C16H12N2O3. The molecule has 1 amide bonds. The third kappa shape index (κ3) is 2.53. The number of aromatic nitrogens is 1. The monoisotopic (exact) mass is 280 g/mol. The van der Waals surface area contributed by atoms with E-state index in [0.29, 0.717) is 16.8 Å². The number of carbonyl (C=O) groups is 1. The maximum atomic E-state index is 12.3. The number of amides is 1. The lowest BCUT2D eigenvalue weighted by atomic mass is 10.1. The fourth-order valence-electron chi connectivity index (χ4n) is 2.03. The van der Waals surface area contributed by atoms with Gasteiger partial charge in [-0.15, -0.1) is 0 Å². The second-order valence-electron chi connectivity index (χ2n) is 4.59. The van der Waals surface area contributed by atoms with Gasteiger partial charge in [0.2, 0.25) is 5.43 Å². The van der Waals surface area contributed by atoms with Crippen LogP contribution in [0.25, 0.3) is 11.0 Å². The summed E-state index contributed by atoms with van der Waals surface area (Å²) in [5.74, 6) is -0.139. The number of benzene rings is 1. The number of hydrogen-bond donors (Lipinski definition) is 1. The minimum absolute atomic E-state index is 0.0444. The Hall–Kier alpha value is -2.95. The highest BCUT2D eigenvalue weighted by atomic mass is 16.3. The number of carbonyl (C=O) groups excluding carboxylic acids is 1. The van der Waals surface area contributed by atoms with Gasteiger partial charge in [-0.3, -0.25) is 9.59 Å². The molecule has 104 valence electrons. The van der Waals surface area contributed by atoms with Gasteiger partial charge in [0.1, 0.15) is 23.2 Å². The lowest BCUT2D eigenvalue weighted by Crippen LogP contribution is -2.21. The van der Waals surface area contributed by atoms with Crippen LogP contribution < -0.4 is 10.7 Å². The summed E-state index contributed by atoms with van der Waals surface area (Å²) >= 11 is 0. The summed E-state index contributed by atoms with van der Waals surface area (Å²) in [6.07, 6.45) is 1.18. The Balaban J connectivity index is 1.99. The van der Waals surface area contributed by atoms with Crippen LogP contribution in [0.2, 0.25) is 0 Å². The predicted molar refractivity (Wildman–Crippen MR) is 79.4 cm³/mol.